The van der Waals surface area contributed by atoms with Crippen LogP contribution in [0.5, 0.6) is 5.75 Å². The Hall–Kier alpha value is -2.45. The summed E-state index contributed by atoms with van der Waals surface area (Å²) in [5, 5.41) is 0. The molecule has 3 rings (SSSR count). The van der Waals surface area contributed by atoms with Crippen LogP contribution in [0, 0.1) is 5.82 Å². The van der Waals surface area contributed by atoms with Gasteiger partial charge in [0.25, 0.3) is 5.91 Å². The highest BCUT2D eigenvalue weighted by Gasteiger charge is 2.28. The third kappa shape index (κ3) is 5.37. The van der Waals surface area contributed by atoms with Gasteiger partial charge in [-0.05, 0) is 61.4 Å². The number of rotatable bonds is 7. The van der Waals surface area contributed by atoms with Crippen molar-refractivity contribution in [1.82, 2.24) is 9.21 Å². The molecule has 0 unspecified atom stereocenters. The van der Waals surface area contributed by atoms with Gasteiger partial charge in [0.15, 0.2) is 0 Å². The number of ether oxygens (including phenoxy) is 1. The van der Waals surface area contributed by atoms with E-state index in [9.17, 15) is 17.6 Å². The van der Waals surface area contributed by atoms with Gasteiger partial charge in [-0.2, -0.15) is 4.31 Å². The lowest BCUT2D eigenvalue weighted by Crippen LogP contribution is -2.37. The largest absolute Gasteiger partial charge is 0.494 e. The van der Waals surface area contributed by atoms with Crippen LogP contribution in [0.3, 0.4) is 0 Å². The summed E-state index contributed by atoms with van der Waals surface area (Å²) in [6.45, 7) is 4.03. The molecule has 162 valence electrons. The van der Waals surface area contributed by atoms with Crippen molar-refractivity contribution in [3.63, 3.8) is 0 Å². The number of hydrogen-bond donors (Lipinski definition) is 0. The van der Waals surface area contributed by atoms with E-state index in [0.717, 1.165) is 30.7 Å². The molecule has 30 heavy (non-hydrogen) atoms. The number of halogens is 1. The van der Waals surface area contributed by atoms with Crippen molar-refractivity contribution in [1.29, 1.82) is 0 Å². The van der Waals surface area contributed by atoms with Gasteiger partial charge >= 0.3 is 0 Å². The fraction of sp³-hybridized carbons (Fsp3) is 0.409. The van der Waals surface area contributed by atoms with Gasteiger partial charge in [-0.25, -0.2) is 12.8 Å². The average molecular weight is 435 g/mol. The number of carbonyl (C=O) groups is 1. The van der Waals surface area contributed by atoms with Crippen molar-refractivity contribution in [3.05, 3.63) is 59.9 Å². The van der Waals surface area contributed by atoms with Crippen molar-refractivity contribution in [2.45, 2.75) is 31.1 Å². The van der Waals surface area contributed by atoms with Crippen molar-refractivity contribution in [2.24, 2.45) is 0 Å². The number of sulfonamides is 1. The van der Waals surface area contributed by atoms with Gasteiger partial charge in [-0.1, -0.05) is 13.3 Å². The van der Waals surface area contributed by atoms with Gasteiger partial charge in [-0.3, -0.25) is 4.79 Å². The van der Waals surface area contributed by atoms with Crippen molar-refractivity contribution in [2.75, 3.05) is 32.8 Å². The Morgan fingerprint density at radius 2 is 1.70 bits per heavy atom. The number of nitrogens with zero attached hydrogens (tertiary/aromatic N) is 2. The maximum Gasteiger partial charge on any atom is 0.253 e. The quantitative estimate of drug-likeness (QED) is 0.625. The smallest absolute Gasteiger partial charge is 0.253 e. The lowest BCUT2D eigenvalue weighted by molar-refractivity contribution is 0.0764. The molecule has 0 spiro atoms. The van der Waals surface area contributed by atoms with Crippen LogP contribution in [0.1, 0.15) is 36.5 Å². The fourth-order valence-corrected chi connectivity index (χ4v) is 4.77. The van der Waals surface area contributed by atoms with E-state index in [2.05, 4.69) is 6.92 Å². The minimum atomic E-state index is -3.72. The molecule has 8 heteroatoms. The first-order chi connectivity index (χ1) is 14.4. The van der Waals surface area contributed by atoms with Crippen LogP contribution < -0.4 is 4.74 Å². The van der Waals surface area contributed by atoms with Gasteiger partial charge < -0.3 is 9.64 Å². The zero-order valence-corrected chi connectivity index (χ0v) is 17.9. The summed E-state index contributed by atoms with van der Waals surface area (Å²) in [4.78, 5) is 14.6. The van der Waals surface area contributed by atoms with Crippen LogP contribution in [0.25, 0.3) is 0 Å². The van der Waals surface area contributed by atoms with E-state index in [1.165, 1.54) is 16.4 Å². The molecule has 1 aliphatic heterocycles. The zero-order chi connectivity index (χ0) is 21.6. The zero-order valence-electron chi connectivity index (χ0n) is 17.1. The third-order valence-corrected chi connectivity index (χ3v) is 6.97. The second kappa shape index (κ2) is 10.0. The minimum absolute atomic E-state index is 0.0577. The lowest BCUT2D eigenvalue weighted by Gasteiger charge is -2.22. The summed E-state index contributed by atoms with van der Waals surface area (Å²) < 4.78 is 45.8. The molecule has 0 N–H and O–H groups in total. The van der Waals surface area contributed by atoms with E-state index in [1.807, 2.05) is 0 Å². The molecule has 6 nitrogen and oxygen atoms in total. The van der Waals surface area contributed by atoms with Gasteiger partial charge in [0.1, 0.15) is 11.6 Å². The molecule has 0 saturated carbocycles. The lowest BCUT2D eigenvalue weighted by atomic mass is 10.2. The molecule has 0 atom stereocenters. The van der Waals surface area contributed by atoms with Crippen LogP contribution in [0.2, 0.25) is 0 Å². The first-order valence-electron chi connectivity index (χ1n) is 10.2. The Bertz CT molecular complexity index is 946. The van der Waals surface area contributed by atoms with Crippen LogP contribution in [0.4, 0.5) is 4.39 Å². The Morgan fingerprint density at radius 1 is 1.00 bits per heavy atom. The molecule has 1 heterocycles. The highest BCUT2D eigenvalue weighted by molar-refractivity contribution is 7.89. The van der Waals surface area contributed by atoms with E-state index in [-0.39, 0.29) is 17.3 Å². The number of amides is 1. The summed E-state index contributed by atoms with van der Waals surface area (Å²) in [5.41, 5.74) is 0.549. The van der Waals surface area contributed by atoms with Crippen molar-refractivity contribution < 1.29 is 22.3 Å². The predicted octanol–water partition coefficient (Wildman–Crippen LogP) is 3.54. The highest BCUT2D eigenvalue weighted by Crippen LogP contribution is 2.20. The Kier molecular flexibility index (Phi) is 7.44. The van der Waals surface area contributed by atoms with Gasteiger partial charge in [-0.15, -0.1) is 0 Å². The second-order valence-corrected chi connectivity index (χ2v) is 9.17. The Labute approximate surface area is 177 Å². The molecule has 2 aromatic rings. The molecule has 0 aromatic heterocycles. The molecule has 0 bridgehead atoms. The maximum atomic E-state index is 13.1. The molecular weight excluding hydrogens is 407 g/mol. The Balaban J connectivity index is 1.63. The number of benzene rings is 2. The van der Waals surface area contributed by atoms with Gasteiger partial charge in [0, 0.05) is 31.7 Å². The van der Waals surface area contributed by atoms with Gasteiger partial charge in [0.2, 0.25) is 10.0 Å². The SMILES string of the molecule is CCCCOc1ccc(C(=O)N2CCCN(S(=O)(=O)c3ccc(F)cc3)CC2)cc1. The molecule has 0 radical (unpaired) electrons. The number of carbonyl (C=O) groups excluding carboxylic acids is 1. The monoisotopic (exact) mass is 434 g/mol. The number of unbranched alkanes of at least 4 members (excludes halogenated alkanes) is 1. The average Bonchev–Trinajstić information content (AvgIpc) is 3.01. The van der Waals surface area contributed by atoms with Crippen LogP contribution >= 0.6 is 0 Å². The first-order valence-corrected chi connectivity index (χ1v) is 11.6. The number of hydrogen-bond acceptors (Lipinski definition) is 4. The highest BCUT2D eigenvalue weighted by atomic mass is 32.2. The Morgan fingerprint density at radius 3 is 2.37 bits per heavy atom. The molecule has 1 amide bonds. The molecule has 1 aliphatic rings. The molecule has 0 aliphatic carbocycles. The van der Waals surface area contributed by atoms with E-state index >= 15 is 0 Å². The van der Waals surface area contributed by atoms with Crippen molar-refractivity contribution in [3.8, 4) is 5.75 Å². The molecule has 1 fully saturated rings. The maximum absolute atomic E-state index is 13.1. The summed E-state index contributed by atoms with van der Waals surface area (Å²) in [6.07, 6.45) is 2.57. The standard InChI is InChI=1S/C22H27FN2O4S/c1-2-3-17-29-20-9-5-18(6-10-20)22(26)24-13-4-14-25(16-15-24)30(27,28)21-11-7-19(23)8-12-21/h5-12H,2-4,13-17H2,1H3. The summed E-state index contributed by atoms with van der Waals surface area (Å²) >= 11 is 0. The topological polar surface area (TPSA) is 66.9 Å². The third-order valence-electron chi connectivity index (χ3n) is 5.06. The summed E-state index contributed by atoms with van der Waals surface area (Å²) in [7, 11) is -3.72. The molecule has 2 aromatic carbocycles. The molecule has 1 saturated heterocycles. The summed E-state index contributed by atoms with van der Waals surface area (Å²) in [6, 6.07) is 11.8. The van der Waals surface area contributed by atoms with Gasteiger partial charge in [0.05, 0.1) is 11.5 Å². The fourth-order valence-electron chi connectivity index (χ4n) is 3.30. The second-order valence-electron chi connectivity index (χ2n) is 7.23. The predicted molar refractivity (Wildman–Crippen MR) is 113 cm³/mol. The minimum Gasteiger partial charge on any atom is -0.494 e. The van der Waals surface area contributed by atoms with Crippen LogP contribution in [0.15, 0.2) is 53.4 Å². The van der Waals surface area contributed by atoms with Crippen molar-refractivity contribution >= 4 is 15.9 Å². The first kappa shape index (κ1) is 22.2. The van der Waals surface area contributed by atoms with E-state index < -0.39 is 15.8 Å². The summed E-state index contributed by atoms with van der Waals surface area (Å²) in [5.74, 6) is 0.118. The van der Waals surface area contributed by atoms with E-state index in [1.54, 1.807) is 29.2 Å². The van der Waals surface area contributed by atoms with Crippen LogP contribution in [-0.4, -0.2) is 56.3 Å². The van der Waals surface area contributed by atoms with Crippen LogP contribution in [-0.2, 0) is 10.0 Å². The normalized spacial score (nSPS) is 15.6. The molecular formula is C22H27FN2O4S. The van der Waals surface area contributed by atoms with E-state index in [0.29, 0.717) is 38.2 Å². The van der Waals surface area contributed by atoms with E-state index in [4.69, 9.17) is 4.74 Å².